The van der Waals surface area contributed by atoms with Crippen LogP contribution in [-0.4, -0.2) is 45.4 Å². The SMILES string of the molecule is CC1CC(C(CC(O)[CH]Cc2cccnc2)C(=O)NO)CC(C(N)=O)O1. The highest BCUT2D eigenvalue weighted by atomic mass is 16.5. The number of ether oxygens (including phenoxy) is 1. The van der Waals surface area contributed by atoms with Gasteiger partial charge in [0.2, 0.25) is 11.8 Å². The molecule has 5 N–H and O–H groups in total. The van der Waals surface area contributed by atoms with Crippen LogP contribution >= 0.6 is 0 Å². The van der Waals surface area contributed by atoms with Crippen molar-refractivity contribution in [3.05, 3.63) is 36.5 Å². The quantitative estimate of drug-likeness (QED) is 0.389. The molecule has 8 heteroatoms. The largest absolute Gasteiger partial charge is 0.393 e. The molecule has 8 nitrogen and oxygen atoms in total. The van der Waals surface area contributed by atoms with Gasteiger partial charge in [-0.25, -0.2) is 5.48 Å². The number of carbonyl (C=O) groups is 2. The first kappa shape index (κ1) is 20.3. The molecule has 26 heavy (non-hydrogen) atoms. The molecule has 1 aliphatic heterocycles. The Morgan fingerprint density at radius 3 is 2.88 bits per heavy atom. The Labute approximate surface area is 152 Å². The molecule has 0 spiro atoms. The van der Waals surface area contributed by atoms with E-state index in [1.54, 1.807) is 31.2 Å². The highest BCUT2D eigenvalue weighted by Crippen LogP contribution is 2.33. The van der Waals surface area contributed by atoms with Gasteiger partial charge in [-0.05, 0) is 56.6 Å². The van der Waals surface area contributed by atoms with Gasteiger partial charge in [-0.2, -0.15) is 0 Å². The molecule has 2 amide bonds. The van der Waals surface area contributed by atoms with E-state index < -0.39 is 29.9 Å². The van der Waals surface area contributed by atoms with Crippen LogP contribution in [0.1, 0.15) is 31.7 Å². The van der Waals surface area contributed by atoms with E-state index in [1.807, 2.05) is 12.1 Å². The minimum absolute atomic E-state index is 0.134. The van der Waals surface area contributed by atoms with Crippen LogP contribution in [0.2, 0.25) is 0 Å². The van der Waals surface area contributed by atoms with Gasteiger partial charge < -0.3 is 15.6 Å². The van der Waals surface area contributed by atoms with Crippen molar-refractivity contribution >= 4 is 11.8 Å². The minimum atomic E-state index is -0.845. The fourth-order valence-corrected chi connectivity index (χ4v) is 3.44. The van der Waals surface area contributed by atoms with E-state index in [0.717, 1.165) is 5.56 Å². The third-order valence-corrected chi connectivity index (χ3v) is 4.73. The minimum Gasteiger partial charge on any atom is -0.393 e. The van der Waals surface area contributed by atoms with Crippen molar-refractivity contribution in [2.75, 3.05) is 0 Å². The number of rotatable bonds is 8. The second-order valence-electron chi connectivity index (χ2n) is 6.76. The Bertz CT molecular complexity index is 598. The normalized spacial score (nSPS) is 25.3. The number of nitrogens with two attached hydrogens (primary N) is 1. The van der Waals surface area contributed by atoms with Crippen LogP contribution in [0.4, 0.5) is 0 Å². The van der Waals surface area contributed by atoms with Gasteiger partial charge in [0, 0.05) is 18.3 Å². The summed E-state index contributed by atoms with van der Waals surface area (Å²) in [4.78, 5) is 27.6. The Balaban J connectivity index is 1.99. The number of carbonyl (C=O) groups excluding carboxylic acids is 2. The molecule has 143 valence electrons. The van der Waals surface area contributed by atoms with E-state index in [9.17, 15) is 14.7 Å². The van der Waals surface area contributed by atoms with Gasteiger partial charge in [0.1, 0.15) is 6.10 Å². The van der Waals surface area contributed by atoms with Crippen LogP contribution < -0.4 is 11.2 Å². The average Bonchev–Trinajstić information content (AvgIpc) is 2.64. The number of amides is 2. The van der Waals surface area contributed by atoms with Crippen LogP contribution in [0.5, 0.6) is 0 Å². The summed E-state index contributed by atoms with van der Waals surface area (Å²) in [5.74, 6) is -2.05. The Hall–Kier alpha value is -2.03. The lowest BCUT2D eigenvalue weighted by molar-refractivity contribution is -0.149. The van der Waals surface area contributed by atoms with Gasteiger partial charge in [0.05, 0.1) is 12.2 Å². The predicted octanol–water partition coefficient (Wildman–Crippen LogP) is 0.370. The van der Waals surface area contributed by atoms with Crippen LogP contribution in [0.15, 0.2) is 24.5 Å². The molecule has 1 radical (unpaired) electrons. The summed E-state index contributed by atoms with van der Waals surface area (Å²) in [5.41, 5.74) is 7.96. The Morgan fingerprint density at radius 2 is 2.27 bits per heavy atom. The van der Waals surface area contributed by atoms with Crippen molar-refractivity contribution in [1.82, 2.24) is 10.5 Å². The number of nitrogens with zero attached hydrogens (tertiary/aromatic N) is 1. The molecular weight excluding hydrogens is 338 g/mol. The number of aliphatic hydroxyl groups is 1. The van der Waals surface area contributed by atoms with Crippen molar-refractivity contribution in [3.8, 4) is 0 Å². The second kappa shape index (κ2) is 9.61. The van der Waals surface area contributed by atoms with Gasteiger partial charge in [-0.1, -0.05) is 6.07 Å². The molecule has 2 heterocycles. The molecule has 1 saturated heterocycles. The summed E-state index contributed by atoms with van der Waals surface area (Å²) < 4.78 is 5.51. The van der Waals surface area contributed by atoms with Crippen molar-refractivity contribution in [2.45, 2.75) is 50.9 Å². The summed E-state index contributed by atoms with van der Waals surface area (Å²) in [6, 6.07) is 3.71. The number of aromatic nitrogens is 1. The van der Waals surface area contributed by atoms with Gasteiger partial charge in [-0.15, -0.1) is 0 Å². The third kappa shape index (κ3) is 5.76. The molecule has 1 aromatic rings. The molecule has 1 aromatic heterocycles. The van der Waals surface area contributed by atoms with E-state index >= 15 is 0 Å². The van der Waals surface area contributed by atoms with Gasteiger partial charge >= 0.3 is 0 Å². The lowest BCUT2D eigenvalue weighted by Gasteiger charge is -2.36. The van der Waals surface area contributed by atoms with Crippen LogP contribution in [0.25, 0.3) is 0 Å². The molecule has 0 saturated carbocycles. The lowest BCUT2D eigenvalue weighted by Crippen LogP contribution is -2.45. The van der Waals surface area contributed by atoms with Crippen LogP contribution in [0.3, 0.4) is 0 Å². The smallest absolute Gasteiger partial charge is 0.246 e. The molecule has 0 aromatic carbocycles. The second-order valence-corrected chi connectivity index (χ2v) is 6.76. The number of nitrogens with one attached hydrogen (secondary N) is 1. The molecular formula is C18H26N3O5. The zero-order chi connectivity index (χ0) is 19.1. The van der Waals surface area contributed by atoms with E-state index in [2.05, 4.69) is 4.98 Å². The predicted molar refractivity (Wildman–Crippen MR) is 92.5 cm³/mol. The fourth-order valence-electron chi connectivity index (χ4n) is 3.44. The summed E-state index contributed by atoms with van der Waals surface area (Å²) in [7, 11) is 0. The van der Waals surface area contributed by atoms with Crippen molar-refractivity contribution in [1.29, 1.82) is 0 Å². The maximum absolute atomic E-state index is 12.2. The van der Waals surface area contributed by atoms with E-state index in [4.69, 9.17) is 15.7 Å². The third-order valence-electron chi connectivity index (χ3n) is 4.73. The zero-order valence-electron chi connectivity index (χ0n) is 14.7. The van der Waals surface area contributed by atoms with Crippen molar-refractivity contribution < 1.29 is 24.6 Å². The number of hydrogen-bond donors (Lipinski definition) is 4. The van der Waals surface area contributed by atoms with Crippen LogP contribution in [-0.2, 0) is 20.7 Å². The summed E-state index contributed by atoms with van der Waals surface area (Å²) in [6.45, 7) is 1.81. The highest BCUT2D eigenvalue weighted by Gasteiger charge is 2.38. The summed E-state index contributed by atoms with van der Waals surface area (Å²) in [5, 5.41) is 19.4. The van der Waals surface area contributed by atoms with Gasteiger partial charge in [0.15, 0.2) is 0 Å². The van der Waals surface area contributed by atoms with Gasteiger partial charge in [-0.3, -0.25) is 19.8 Å². The zero-order valence-corrected chi connectivity index (χ0v) is 14.7. The maximum atomic E-state index is 12.2. The topological polar surface area (TPSA) is 135 Å². The lowest BCUT2D eigenvalue weighted by atomic mass is 9.78. The van der Waals surface area contributed by atoms with Crippen molar-refractivity contribution in [2.24, 2.45) is 17.6 Å². The molecule has 0 bridgehead atoms. The molecule has 5 atom stereocenters. The monoisotopic (exact) mass is 364 g/mol. The Kier molecular flexibility index (Phi) is 7.50. The molecule has 5 unspecified atom stereocenters. The van der Waals surface area contributed by atoms with Crippen molar-refractivity contribution in [3.63, 3.8) is 0 Å². The van der Waals surface area contributed by atoms with Crippen LogP contribution in [0, 0.1) is 18.3 Å². The molecule has 0 aliphatic carbocycles. The number of hydrogen-bond acceptors (Lipinski definition) is 6. The summed E-state index contributed by atoms with van der Waals surface area (Å²) >= 11 is 0. The number of pyridine rings is 1. The molecule has 2 rings (SSSR count). The standard InChI is InChI=1S/C18H26N3O5/c1-11-7-13(8-16(26-11)17(19)23)15(18(24)21-25)9-14(22)5-4-12-3-2-6-20-10-12/h2-3,5-6,10-11,13-16,22,25H,4,7-9H2,1H3,(H2,19,23)(H,21,24). The fraction of sp³-hybridized carbons (Fsp3) is 0.556. The first-order chi connectivity index (χ1) is 12.4. The van der Waals surface area contributed by atoms with E-state index in [-0.39, 0.29) is 24.9 Å². The first-order valence-corrected chi connectivity index (χ1v) is 8.69. The van der Waals surface area contributed by atoms with Gasteiger partial charge in [0.25, 0.3) is 0 Å². The Morgan fingerprint density at radius 1 is 1.50 bits per heavy atom. The van der Waals surface area contributed by atoms with E-state index in [1.165, 1.54) is 0 Å². The molecule has 1 aliphatic rings. The first-order valence-electron chi connectivity index (χ1n) is 8.69. The molecule has 1 fully saturated rings. The average molecular weight is 364 g/mol. The number of primary amides is 1. The number of hydroxylamine groups is 1. The summed E-state index contributed by atoms with van der Waals surface area (Å²) in [6.07, 6.45) is 4.69. The maximum Gasteiger partial charge on any atom is 0.246 e. The number of aliphatic hydroxyl groups excluding tert-OH is 1. The highest BCUT2D eigenvalue weighted by molar-refractivity contribution is 5.80. The van der Waals surface area contributed by atoms with E-state index in [0.29, 0.717) is 12.8 Å².